The van der Waals surface area contributed by atoms with Crippen LogP contribution in [0.15, 0.2) is 24.3 Å². The third-order valence-electron chi connectivity index (χ3n) is 4.92. The number of aromatic nitrogens is 2. The number of piperidine rings is 1. The number of nitrogens with zero attached hydrogens (tertiary/aromatic N) is 3. The molecule has 27 heavy (non-hydrogen) atoms. The summed E-state index contributed by atoms with van der Waals surface area (Å²) in [6.07, 6.45) is 4.61. The number of rotatable bonds is 8. The molecule has 146 valence electrons. The Morgan fingerprint density at radius 3 is 2.93 bits per heavy atom. The molecule has 1 amide bonds. The Bertz CT molecular complexity index is 741. The minimum atomic E-state index is 0.127. The zero-order valence-corrected chi connectivity index (χ0v) is 16.9. The van der Waals surface area contributed by atoms with Crippen LogP contribution in [0.2, 0.25) is 0 Å². The van der Waals surface area contributed by atoms with E-state index in [0.717, 1.165) is 67.6 Å². The number of ether oxygens (including phenoxy) is 1. The second-order valence-corrected chi connectivity index (χ2v) is 7.66. The van der Waals surface area contributed by atoms with Crippen molar-refractivity contribution < 1.29 is 9.53 Å². The number of benzene rings is 1. The molecule has 2 heterocycles. The van der Waals surface area contributed by atoms with Gasteiger partial charge in [0.2, 0.25) is 11.0 Å². The van der Waals surface area contributed by atoms with Gasteiger partial charge in [-0.05, 0) is 37.0 Å². The van der Waals surface area contributed by atoms with Gasteiger partial charge in [-0.1, -0.05) is 25.5 Å². The summed E-state index contributed by atoms with van der Waals surface area (Å²) >= 11 is 1.44. The first-order valence-corrected chi connectivity index (χ1v) is 10.4. The van der Waals surface area contributed by atoms with Gasteiger partial charge in [-0.15, -0.1) is 0 Å². The summed E-state index contributed by atoms with van der Waals surface area (Å²) in [6, 6.07) is 8.00. The molecule has 1 aliphatic heterocycles. The first-order valence-electron chi connectivity index (χ1n) is 9.67. The molecule has 6 nitrogen and oxygen atoms in total. The fourth-order valence-electron chi connectivity index (χ4n) is 3.28. The molecule has 0 unspecified atom stereocenters. The first-order chi connectivity index (χ1) is 13.2. The molecule has 1 aromatic heterocycles. The average Bonchev–Trinajstić information content (AvgIpc) is 3.17. The van der Waals surface area contributed by atoms with E-state index >= 15 is 0 Å². The second kappa shape index (κ2) is 9.69. The highest BCUT2D eigenvalue weighted by molar-refractivity contribution is 7.09. The van der Waals surface area contributed by atoms with E-state index in [-0.39, 0.29) is 11.8 Å². The SMILES string of the molecule is CCCCNC(=O)C1CCN(c2nc(Cc3cccc(OC)c3)ns2)CC1. The van der Waals surface area contributed by atoms with Gasteiger partial charge in [0.25, 0.3) is 0 Å². The van der Waals surface area contributed by atoms with Gasteiger partial charge in [-0.25, -0.2) is 4.98 Å². The lowest BCUT2D eigenvalue weighted by Gasteiger charge is -2.30. The van der Waals surface area contributed by atoms with E-state index in [9.17, 15) is 4.79 Å². The monoisotopic (exact) mass is 388 g/mol. The van der Waals surface area contributed by atoms with Crippen molar-refractivity contribution in [3.63, 3.8) is 0 Å². The number of unbranched alkanes of at least 4 members (excludes halogenated alkanes) is 1. The third-order valence-corrected chi connectivity index (χ3v) is 5.73. The van der Waals surface area contributed by atoms with E-state index in [1.807, 2.05) is 18.2 Å². The molecule has 0 aliphatic carbocycles. The highest BCUT2D eigenvalue weighted by Gasteiger charge is 2.26. The molecule has 1 saturated heterocycles. The van der Waals surface area contributed by atoms with Gasteiger partial charge < -0.3 is 15.0 Å². The van der Waals surface area contributed by atoms with Crippen LogP contribution in [0, 0.1) is 5.92 Å². The molecule has 1 aliphatic rings. The fourth-order valence-corrected chi connectivity index (χ4v) is 4.01. The van der Waals surface area contributed by atoms with E-state index in [1.165, 1.54) is 11.5 Å². The zero-order chi connectivity index (χ0) is 19.1. The zero-order valence-electron chi connectivity index (χ0n) is 16.1. The van der Waals surface area contributed by atoms with Gasteiger partial charge in [-0.2, -0.15) is 4.37 Å². The van der Waals surface area contributed by atoms with Gasteiger partial charge in [0.1, 0.15) is 11.6 Å². The Balaban J connectivity index is 1.51. The Hall–Kier alpha value is -2.15. The normalized spacial score (nSPS) is 15.0. The minimum absolute atomic E-state index is 0.127. The fraction of sp³-hybridized carbons (Fsp3) is 0.550. The van der Waals surface area contributed by atoms with Gasteiger partial charge >= 0.3 is 0 Å². The van der Waals surface area contributed by atoms with E-state index < -0.39 is 0 Å². The third kappa shape index (κ3) is 5.42. The van der Waals surface area contributed by atoms with Crippen molar-refractivity contribution in [3.05, 3.63) is 35.7 Å². The summed E-state index contributed by atoms with van der Waals surface area (Å²) in [5.41, 5.74) is 1.14. The van der Waals surface area contributed by atoms with Crippen LogP contribution in [0.5, 0.6) is 5.75 Å². The molecule has 1 aromatic carbocycles. The lowest BCUT2D eigenvalue weighted by molar-refractivity contribution is -0.125. The van der Waals surface area contributed by atoms with Gasteiger partial charge in [0.05, 0.1) is 7.11 Å². The maximum absolute atomic E-state index is 12.2. The summed E-state index contributed by atoms with van der Waals surface area (Å²) in [5.74, 6) is 2.02. The maximum Gasteiger partial charge on any atom is 0.223 e. The van der Waals surface area contributed by atoms with Gasteiger partial charge in [0.15, 0.2) is 0 Å². The Morgan fingerprint density at radius 1 is 1.37 bits per heavy atom. The molecule has 1 fully saturated rings. The number of carbonyl (C=O) groups excluding carboxylic acids is 1. The van der Waals surface area contributed by atoms with Crippen molar-refractivity contribution in [2.75, 3.05) is 31.6 Å². The van der Waals surface area contributed by atoms with Crippen molar-refractivity contribution in [2.45, 2.75) is 39.0 Å². The molecular weight excluding hydrogens is 360 g/mol. The number of hydrogen-bond donors (Lipinski definition) is 1. The standard InChI is InChI=1S/C20H28N4O2S/c1-3-4-10-21-19(25)16-8-11-24(12-9-16)20-22-18(23-27-20)14-15-6-5-7-17(13-15)26-2/h5-7,13,16H,3-4,8-12,14H2,1-2H3,(H,21,25). The predicted molar refractivity (Wildman–Crippen MR) is 109 cm³/mol. The topological polar surface area (TPSA) is 67.4 Å². The summed E-state index contributed by atoms with van der Waals surface area (Å²) in [5, 5.41) is 4.01. The Kier molecular flexibility index (Phi) is 7.04. The van der Waals surface area contributed by atoms with E-state index in [4.69, 9.17) is 9.72 Å². The lowest BCUT2D eigenvalue weighted by atomic mass is 9.96. The maximum atomic E-state index is 12.2. The molecule has 1 N–H and O–H groups in total. The number of methoxy groups -OCH3 is 1. The largest absolute Gasteiger partial charge is 0.497 e. The van der Waals surface area contributed by atoms with Crippen molar-refractivity contribution in [3.8, 4) is 5.75 Å². The molecular formula is C20H28N4O2S. The van der Waals surface area contributed by atoms with Crippen LogP contribution in [-0.2, 0) is 11.2 Å². The smallest absolute Gasteiger partial charge is 0.223 e. The molecule has 0 atom stereocenters. The van der Waals surface area contributed by atoms with Crippen LogP contribution in [0.3, 0.4) is 0 Å². The molecule has 0 spiro atoms. The number of nitrogens with one attached hydrogen (secondary N) is 1. The number of hydrogen-bond acceptors (Lipinski definition) is 6. The van der Waals surface area contributed by atoms with E-state index in [2.05, 4.69) is 27.6 Å². The molecule has 0 bridgehead atoms. The predicted octanol–water partition coefficient (Wildman–Crippen LogP) is 3.27. The van der Waals surface area contributed by atoms with Crippen molar-refractivity contribution >= 4 is 22.6 Å². The van der Waals surface area contributed by atoms with Crippen LogP contribution >= 0.6 is 11.5 Å². The van der Waals surface area contributed by atoms with Crippen LogP contribution < -0.4 is 15.0 Å². The molecule has 3 rings (SSSR count). The molecule has 7 heteroatoms. The summed E-state index contributed by atoms with van der Waals surface area (Å²) in [4.78, 5) is 19.2. The average molecular weight is 389 g/mol. The van der Waals surface area contributed by atoms with Crippen molar-refractivity contribution in [1.29, 1.82) is 0 Å². The van der Waals surface area contributed by atoms with Crippen molar-refractivity contribution in [1.82, 2.24) is 14.7 Å². The molecule has 0 radical (unpaired) electrons. The van der Waals surface area contributed by atoms with Gasteiger partial charge in [-0.3, -0.25) is 4.79 Å². The first kappa shape index (κ1) is 19.6. The van der Waals surface area contributed by atoms with Crippen LogP contribution in [0.4, 0.5) is 5.13 Å². The van der Waals surface area contributed by atoms with Gasteiger partial charge in [0, 0.05) is 43.5 Å². The lowest BCUT2D eigenvalue weighted by Crippen LogP contribution is -2.40. The summed E-state index contributed by atoms with van der Waals surface area (Å²) in [7, 11) is 1.67. The van der Waals surface area contributed by atoms with Crippen LogP contribution in [-0.4, -0.2) is 42.0 Å². The Morgan fingerprint density at radius 2 is 2.19 bits per heavy atom. The van der Waals surface area contributed by atoms with Crippen LogP contribution in [0.25, 0.3) is 0 Å². The molecule has 2 aromatic rings. The molecule has 0 saturated carbocycles. The highest BCUT2D eigenvalue weighted by Crippen LogP contribution is 2.26. The van der Waals surface area contributed by atoms with E-state index in [0.29, 0.717) is 6.42 Å². The summed E-state index contributed by atoms with van der Waals surface area (Å²) < 4.78 is 9.79. The number of carbonyl (C=O) groups is 1. The summed E-state index contributed by atoms with van der Waals surface area (Å²) in [6.45, 7) is 4.65. The number of amides is 1. The highest BCUT2D eigenvalue weighted by atomic mass is 32.1. The second-order valence-electron chi connectivity index (χ2n) is 6.93. The Labute approximate surface area is 165 Å². The number of anilines is 1. The van der Waals surface area contributed by atoms with Crippen LogP contribution in [0.1, 0.15) is 44.0 Å². The van der Waals surface area contributed by atoms with Crippen molar-refractivity contribution in [2.24, 2.45) is 5.92 Å². The van der Waals surface area contributed by atoms with E-state index in [1.54, 1.807) is 7.11 Å². The minimum Gasteiger partial charge on any atom is -0.497 e. The quantitative estimate of drug-likeness (QED) is 0.703.